The van der Waals surface area contributed by atoms with Crippen LogP contribution in [0.1, 0.15) is 16.3 Å². The Kier molecular flexibility index (Phi) is 4.37. The highest BCUT2D eigenvalue weighted by molar-refractivity contribution is 7.18. The van der Waals surface area contributed by atoms with Gasteiger partial charge in [0.05, 0.1) is 12.0 Å². The first-order chi connectivity index (χ1) is 11.4. The van der Waals surface area contributed by atoms with Crippen molar-refractivity contribution in [2.75, 3.05) is 20.3 Å². The van der Waals surface area contributed by atoms with Crippen LogP contribution in [0.3, 0.4) is 0 Å². The second kappa shape index (κ2) is 6.33. The number of hydrogen-bond donors (Lipinski definition) is 0. The van der Waals surface area contributed by atoms with Gasteiger partial charge in [-0.2, -0.15) is 0 Å². The predicted octanol–water partition coefficient (Wildman–Crippen LogP) is 1.22. The first-order valence-electron chi connectivity index (χ1n) is 7.44. The summed E-state index contributed by atoms with van der Waals surface area (Å²) < 4.78 is 12.4. The lowest BCUT2D eigenvalue weighted by atomic mass is 10.2. The molecule has 0 N–H and O–H groups in total. The molecule has 0 bridgehead atoms. The summed E-state index contributed by atoms with van der Waals surface area (Å²) in [6, 6.07) is 0. The number of aromatic nitrogens is 4. The molecule has 9 heteroatoms. The van der Waals surface area contributed by atoms with Crippen LogP contribution in [0.15, 0.2) is 4.79 Å². The molecule has 0 atom stereocenters. The molecule has 0 aliphatic carbocycles. The standard InChI is InChI=1S/C15H18N4O4S/c1-8-9(2)24-14-12(8)13-17-18(7-11(20)23-6-5-22-4)15(21)19(13)10(3)16-14/h5-7H2,1-4H3. The van der Waals surface area contributed by atoms with E-state index in [4.69, 9.17) is 9.47 Å². The summed E-state index contributed by atoms with van der Waals surface area (Å²) >= 11 is 1.57. The highest BCUT2D eigenvalue weighted by atomic mass is 32.1. The Morgan fingerprint density at radius 2 is 2.00 bits per heavy atom. The lowest BCUT2D eigenvalue weighted by Crippen LogP contribution is -2.27. The zero-order valence-corrected chi connectivity index (χ0v) is 14.8. The molecule has 0 fully saturated rings. The van der Waals surface area contributed by atoms with Crippen LogP contribution in [0, 0.1) is 20.8 Å². The van der Waals surface area contributed by atoms with Gasteiger partial charge >= 0.3 is 11.7 Å². The first-order valence-corrected chi connectivity index (χ1v) is 8.26. The summed E-state index contributed by atoms with van der Waals surface area (Å²) in [7, 11) is 1.52. The van der Waals surface area contributed by atoms with Gasteiger partial charge in [0.25, 0.3) is 0 Å². The molecule has 0 spiro atoms. The molecule has 3 aromatic heterocycles. The fourth-order valence-corrected chi connectivity index (χ4v) is 3.59. The maximum absolute atomic E-state index is 12.6. The van der Waals surface area contributed by atoms with E-state index in [1.807, 2.05) is 13.8 Å². The summed E-state index contributed by atoms with van der Waals surface area (Å²) in [4.78, 5) is 30.9. The topological polar surface area (TPSA) is 87.7 Å². The third kappa shape index (κ3) is 2.69. The van der Waals surface area contributed by atoms with Gasteiger partial charge in [-0.15, -0.1) is 16.4 Å². The molecule has 3 aromatic rings. The summed E-state index contributed by atoms with van der Waals surface area (Å²) in [5, 5.41) is 5.20. The van der Waals surface area contributed by atoms with E-state index in [1.54, 1.807) is 18.3 Å². The second-order valence-electron chi connectivity index (χ2n) is 5.43. The number of hydrogen-bond acceptors (Lipinski definition) is 7. The molecule has 0 unspecified atom stereocenters. The van der Waals surface area contributed by atoms with Crippen molar-refractivity contribution in [3.8, 4) is 0 Å². The molecule has 128 valence electrons. The van der Waals surface area contributed by atoms with Gasteiger partial charge in [-0.3, -0.25) is 4.79 Å². The molecule has 0 amide bonds. The van der Waals surface area contributed by atoms with Crippen molar-refractivity contribution in [2.24, 2.45) is 0 Å². The van der Waals surface area contributed by atoms with E-state index in [9.17, 15) is 9.59 Å². The average Bonchev–Trinajstić information content (AvgIpc) is 2.98. The Balaban J connectivity index is 2.06. The van der Waals surface area contributed by atoms with Crippen LogP contribution in [-0.2, 0) is 20.8 Å². The number of nitrogens with zero attached hydrogens (tertiary/aromatic N) is 4. The predicted molar refractivity (Wildman–Crippen MR) is 89.7 cm³/mol. The zero-order chi connectivity index (χ0) is 17.4. The molecular formula is C15H18N4O4S. The number of rotatable bonds is 5. The maximum Gasteiger partial charge on any atom is 0.352 e. The monoisotopic (exact) mass is 350 g/mol. The van der Waals surface area contributed by atoms with Crippen LogP contribution in [0.4, 0.5) is 0 Å². The Hall–Kier alpha value is -2.26. The number of esters is 1. The summed E-state index contributed by atoms with van der Waals surface area (Å²) in [5.74, 6) is 0.0142. The molecule has 3 heterocycles. The summed E-state index contributed by atoms with van der Waals surface area (Å²) in [6.45, 7) is 5.95. The van der Waals surface area contributed by atoms with Gasteiger partial charge in [0.15, 0.2) is 5.65 Å². The Morgan fingerprint density at radius 3 is 2.71 bits per heavy atom. The van der Waals surface area contributed by atoms with Crippen molar-refractivity contribution in [3.05, 3.63) is 26.7 Å². The van der Waals surface area contributed by atoms with Crippen LogP contribution in [0.25, 0.3) is 15.9 Å². The lowest BCUT2D eigenvalue weighted by Gasteiger charge is -2.02. The van der Waals surface area contributed by atoms with Crippen molar-refractivity contribution in [2.45, 2.75) is 27.3 Å². The molecule has 0 radical (unpaired) electrons. The Labute approximate surface area is 141 Å². The largest absolute Gasteiger partial charge is 0.462 e. The molecule has 0 aliphatic heterocycles. The lowest BCUT2D eigenvalue weighted by molar-refractivity contribution is -0.145. The van der Waals surface area contributed by atoms with E-state index in [2.05, 4.69) is 10.1 Å². The second-order valence-corrected chi connectivity index (χ2v) is 6.64. The smallest absolute Gasteiger partial charge is 0.352 e. The summed E-state index contributed by atoms with van der Waals surface area (Å²) in [6.07, 6.45) is 0. The molecule has 0 saturated carbocycles. The molecular weight excluding hydrogens is 332 g/mol. The summed E-state index contributed by atoms with van der Waals surface area (Å²) in [5.41, 5.74) is 1.17. The first kappa shape index (κ1) is 16.6. The minimum absolute atomic E-state index is 0.144. The number of aryl methyl sites for hydroxylation is 3. The van der Waals surface area contributed by atoms with Crippen LogP contribution in [0.2, 0.25) is 0 Å². The van der Waals surface area contributed by atoms with Gasteiger partial charge in [0.2, 0.25) is 0 Å². The van der Waals surface area contributed by atoms with Crippen LogP contribution >= 0.6 is 11.3 Å². The van der Waals surface area contributed by atoms with Gasteiger partial charge in [-0.05, 0) is 26.3 Å². The van der Waals surface area contributed by atoms with Gasteiger partial charge in [-0.1, -0.05) is 0 Å². The number of ether oxygens (including phenoxy) is 2. The SMILES string of the molecule is COCCOC(=O)Cn1nc2c3c(C)c(C)sc3nc(C)n2c1=O. The molecule has 0 saturated heterocycles. The van der Waals surface area contributed by atoms with Crippen LogP contribution in [0.5, 0.6) is 0 Å². The van der Waals surface area contributed by atoms with E-state index in [0.29, 0.717) is 18.1 Å². The molecule has 8 nitrogen and oxygen atoms in total. The highest BCUT2D eigenvalue weighted by Crippen LogP contribution is 2.31. The molecule has 3 rings (SSSR count). The molecule has 24 heavy (non-hydrogen) atoms. The van der Waals surface area contributed by atoms with Gasteiger partial charge in [0.1, 0.15) is 23.8 Å². The fraction of sp³-hybridized carbons (Fsp3) is 0.467. The highest BCUT2D eigenvalue weighted by Gasteiger charge is 2.19. The van der Waals surface area contributed by atoms with E-state index >= 15 is 0 Å². The number of methoxy groups -OCH3 is 1. The normalized spacial score (nSPS) is 11.5. The van der Waals surface area contributed by atoms with Gasteiger partial charge in [-0.25, -0.2) is 18.9 Å². The van der Waals surface area contributed by atoms with Crippen molar-refractivity contribution >= 4 is 33.2 Å². The minimum atomic E-state index is -0.530. The number of thiophene rings is 1. The third-order valence-electron chi connectivity index (χ3n) is 3.85. The number of carbonyl (C=O) groups excluding carboxylic acids is 1. The Morgan fingerprint density at radius 1 is 1.25 bits per heavy atom. The van der Waals surface area contributed by atoms with Crippen molar-refractivity contribution in [1.82, 2.24) is 19.2 Å². The molecule has 0 aromatic carbocycles. The van der Waals surface area contributed by atoms with E-state index in [-0.39, 0.29) is 13.2 Å². The Bertz CT molecular complexity index is 985. The average molecular weight is 350 g/mol. The van der Waals surface area contributed by atoms with Crippen LogP contribution in [-0.4, -0.2) is 45.5 Å². The third-order valence-corrected chi connectivity index (χ3v) is 4.95. The maximum atomic E-state index is 12.6. The van der Waals surface area contributed by atoms with Crippen molar-refractivity contribution < 1.29 is 14.3 Å². The van der Waals surface area contributed by atoms with E-state index in [1.165, 1.54) is 11.5 Å². The number of fused-ring (bicyclic) bond motifs is 3. The fourth-order valence-electron chi connectivity index (χ4n) is 2.52. The van der Waals surface area contributed by atoms with Crippen molar-refractivity contribution in [3.63, 3.8) is 0 Å². The minimum Gasteiger partial charge on any atom is -0.462 e. The van der Waals surface area contributed by atoms with Gasteiger partial charge < -0.3 is 9.47 Å². The quantitative estimate of drug-likeness (QED) is 0.508. The van der Waals surface area contributed by atoms with E-state index < -0.39 is 11.7 Å². The zero-order valence-electron chi connectivity index (χ0n) is 14.0. The van der Waals surface area contributed by atoms with Crippen molar-refractivity contribution in [1.29, 1.82) is 0 Å². The van der Waals surface area contributed by atoms with Gasteiger partial charge in [0, 0.05) is 12.0 Å². The van der Waals surface area contributed by atoms with Crippen LogP contribution < -0.4 is 5.69 Å². The molecule has 0 aliphatic rings. The number of carbonyl (C=O) groups is 1. The van der Waals surface area contributed by atoms with E-state index in [0.717, 1.165) is 25.3 Å².